The van der Waals surface area contributed by atoms with Gasteiger partial charge in [-0.05, 0) is 38.1 Å². The van der Waals surface area contributed by atoms with Crippen molar-refractivity contribution in [2.45, 2.75) is 13.8 Å². The molecule has 0 fully saturated rings. The summed E-state index contributed by atoms with van der Waals surface area (Å²) in [6, 6.07) is 7.01. The van der Waals surface area contributed by atoms with E-state index in [1.165, 1.54) is 11.3 Å². The van der Waals surface area contributed by atoms with Crippen molar-refractivity contribution in [2.75, 3.05) is 0 Å². The molecule has 0 aliphatic rings. The first kappa shape index (κ1) is 14.5. The predicted molar refractivity (Wildman–Crippen MR) is 85.0 cm³/mol. The Balaban J connectivity index is 2.22. The van der Waals surface area contributed by atoms with Gasteiger partial charge >= 0.3 is 0 Å². The fourth-order valence-electron chi connectivity index (χ4n) is 1.44. The van der Waals surface area contributed by atoms with E-state index in [-0.39, 0.29) is 11.8 Å². The average molecular weight is 308 g/mol. The predicted octanol–water partition coefficient (Wildman–Crippen LogP) is 2.77. The lowest BCUT2D eigenvalue weighted by molar-refractivity contribution is 1.21. The Bertz CT molecular complexity index is 653. The molecule has 0 spiro atoms. The van der Waals surface area contributed by atoms with Crippen LogP contribution in [0, 0.1) is 13.8 Å². The number of nitrogens with zero attached hydrogens (tertiary/aromatic N) is 3. The first-order valence-corrected chi connectivity index (χ1v) is 7.03. The third-order valence-corrected chi connectivity index (χ3v) is 3.82. The highest BCUT2D eigenvalue weighted by atomic mass is 35.5. The SMILES string of the molecule is Cc1nc(/N=C(N)/N=C(\N)c2ccc(Cl)cc2)sc1C. The molecule has 5 nitrogen and oxygen atoms in total. The maximum atomic E-state index is 5.86. The Morgan fingerprint density at radius 2 is 1.85 bits per heavy atom. The van der Waals surface area contributed by atoms with Crippen LogP contribution in [-0.2, 0) is 0 Å². The van der Waals surface area contributed by atoms with Gasteiger partial charge in [0.25, 0.3) is 0 Å². The van der Waals surface area contributed by atoms with E-state index in [4.69, 9.17) is 23.1 Å². The van der Waals surface area contributed by atoms with Crippen LogP contribution in [0.2, 0.25) is 5.02 Å². The average Bonchev–Trinajstić information content (AvgIpc) is 2.68. The van der Waals surface area contributed by atoms with Crippen LogP contribution in [0.3, 0.4) is 0 Å². The standard InChI is InChI=1S/C13H14ClN5S/c1-7-8(2)20-13(17-7)19-12(16)18-11(15)9-3-5-10(14)6-4-9/h3-6H,1-2H3,(H4,15,16,17,18,19). The number of halogens is 1. The molecule has 2 rings (SSSR count). The molecule has 0 unspecified atom stereocenters. The lowest BCUT2D eigenvalue weighted by Gasteiger charge is -2.00. The van der Waals surface area contributed by atoms with Crippen molar-refractivity contribution in [2.24, 2.45) is 21.5 Å². The number of benzene rings is 1. The minimum atomic E-state index is 0.0752. The van der Waals surface area contributed by atoms with Crippen molar-refractivity contribution < 1.29 is 0 Å². The lowest BCUT2D eigenvalue weighted by atomic mass is 10.2. The van der Waals surface area contributed by atoms with Crippen molar-refractivity contribution in [3.8, 4) is 0 Å². The van der Waals surface area contributed by atoms with Crippen molar-refractivity contribution in [3.05, 3.63) is 45.4 Å². The highest BCUT2D eigenvalue weighted by Crippen LogP contribution is 2.23. The van der Waals surface area contributed by atoms with E-state index in [2.05, 4.69) is 15.0 Å². The van der Waals surface area contributed by atoms with Gasteiger partial charge < -0.3 is 11.5 Å². The minimum Gasteiger partial charge on any atom is -0.383 e. The molecule has 0 amide bonds. The summed E-state index contributed by atoms with van der Waals surface area (Å²) in [7, 11) is 0. The van der Waals surface area contributed by atoms with E-state index in [1.807, 2.05) is 13.8 Å². The second-order valence-electron chi connectivity index (χ2n) is 4.11. The minimum absolute atomic E-state index is 0.0752. The number of hydrogen-bond acceptors (Lipinski definition) is 3. The van der Waals surface area contributed by atoms with Gasteiger partial charge in [0.05, 0.1) is 5.69 Å². The van der Waals surface area contributed by atoms with Crippen LogP contribution in [0.15, 0.2) is 34.3 Å². The lowest BCUT2D eigenvalue weighted by Crippen LogP contribution is -2.19. The summed E-state index contributed by atoms with van der Waals surface area (Å²) in [6.45, 7) is 3.90. The van der Waals surface area contributed by atoms with Crippen LogP contribution in [0.5, 0.6) is 0 Å². The number of aryl methyl sites for hydroxylation is 2. The summed E-state index contributed by atoms with van der Waals surface area (Å²) in [5, 5.41) is 1.21. The quantitative estimate of drug-likeness (QED) is 0.660. The number of aromatic nitrogens is 1. The van der Waals surface area contributed by atoms with Crippen LogP contribution in [0.1, 0.15) is 16.1 Å². The summed E-state index contributed by atoms with van der Waals surface area (Å²) in [6.07, 6.45) is 0. The molecular weight excluding hydrogens is 294 g/mol. The molecule has 104 valence electrons. The Morgan fingerprint density at radius 1 is 1.20 bits per heavy atom. The maximum Gasteiger partial charge on any atom is 0.224 e. The third-order valence-electron chi connectivity index (χ3n) is 2.60. The molecular formula is C13H14ClN5S. The van der Waals surface area contributed by atoms with Crippen molar-refractivity contribution in [1.82, 2.24) is 4.98 Å². The van der Waals surface area contributed by atoms with Crippen LogP contribution in [-0.4, -0.2) is 16.8 Å². The molecule has 1 aromatic heterocycles. The van der Waals surface area contributed by atoms with E-state index in [9.17, 15) is 0 Å². The van der Waals surface area contributed by atoms with Gasteiger partial charge in [-0.1, -0.05) is 22.9 Å². The molecule has 0 saturated carbocycles. The van der Waals surface area contributed by atoms with Gasteiger partial charge in [-0.25, -0.2) is 4.98 Å². The summed E-state index contributed by atoms with van der Waals surface area (Å²) in [5.74, 6) is 0.360. The molecule has 0 aliphatic carbocycles. The van der Waals surface area contributed by atoms with E-state index >= 15 is 0 Å². The fourth-order valence-corrected chi connectivity index (χ4v) is 2.35. The molecule has 1 aromatic carbocycles. The van der Waals surface area contributed by atoms with E-state index in [0.717, 1.165) is 16.1 Å². The highest BCUT2D eigenvalue weighted by molar-refractivity contribution is 7.15. The number of aliphatic imine (C=N–C) groups is 2. The molecule has 4 N–H and O–H groups in total. The molecule has 2 aromatic rings. The molecule has 0 atom stereocenters. The van der Waals surface area contributed by atoms with Crippen LogP contribution in [0.25, 0.3) is 0 Å². The molecule has 0 radical (unpaired) electrons. The molecule has 20 heavy (non-hydrogen) atoms. The molecule has 1 heterocycles. The van der Waals surface area contributed by atoms with E-state index in [1.54, 1.807) is 24.3 Å². The number of nitrogens with two attached hydrogens (primary N) is 2. The first-order chi connectivity index (χ1) is 9.45. The van der Waals surface area contributed by atoms with Gasteiger partial charge in [-0.15, -0.1) is 0 Å². The zero-order valence-electron chi connectivity index (χ0n) is 11.1. The van der Waals surface area contributed by atoms with E-state index in [0.29, 0.717) is 10.2 Å². The number of hydrogen-bond donors (Lipinski definition) is 2. The number of amidine groups is 1. The third kappa shape index (κ3) is 3.55. The first-order valence-electron chi connectivity index (χ1n) is 5.84. The monoisotopic (exact) mass is 307 g/mol. The maximum absolute atomic E-state index is 5.86. The van der Waals surface area contributed by atoms with Gasteiger partial charge in [0.1, 0.15) is 5.84 Å². The summed E-state index contributed by atoms with van der Waals surface area (Å²) >= 11 is 7.27. The molecule has 0 saturated heterocycles. The smallest absolute Gasteiger partial charge is 0.224 e. The Kier molecular flexibility index (Phi) is 4.36. The number of guanidine groups is 1. The topological polar surface area (TPSA) is 89.6 Å². The molecule has 0 bridgehead atoms. The summed E-state index contributed by atoms with van der Waals surface area (Å²) in [5.41, 5.74) is 13.3. The number of thiazole rings is 1. The Hall–Kier alpha value is -1.92. The van der Waals surface area contributed by atoms with Gasteiger partial charge in [-0.2, -0.15) is 9.98 Å². The summed E-state index contributed by atoms with van der Waals surface area (Å²) in [4.78, 5) is 13.6. The Labute approximate surface area is 126 Å². The highest BCUT2D eigenvalue weighted by Gasteiger charge is 2.04. The normalized spacial score (nSPS) is 12.8. The van der Waals surface area contributed by atoms with Crippen molar-refractivity contribution in [1.29, 1.82) is 0 Å². The zero-order valence-corrected chi connectivity index (χ0v) is 12.7. The zero-order chi connectivity index (χ0) is 14.7. The second-order valence-corrected chi connectivity index (χ2v) is 5.73. The van der Waals surface area contributed by atoms with Crippen molar-refractivity contribution in [3.63, 3.8) is 0 Å². The second kappa shape index (κ2) is 6.02. The van der Waals surface area contributed by atoms with Crippen LogP contribution >= 0.6 is 22.9 Å². The molecule has 0 aliphatic heterocycles. The van der Waals surface area contributed by atoms with Crippen molar-refractivity contribution >= 4 is 39.9 Å². The van der Waals surface area contributed by atoms with Crippen LogP contribution < -0.4 is 11.5 Å². The number of rotatable bonds is 2. The van der Waals surface area contributed by atoms with Gasteiger partial charge in [0.15, 0.2) is 0 Å². The van der Waals surface area contributed by atoms with Gasteiger partial charge in [0, 0.05) is 15.5 Å². The largest absolute Gasteiger partial charge is 0.383 e. The van der Waals surface area contributed by atoms with Gasteiger partial charge in [-0.3, -0.25) is 0 Å². The summed E-state index contributed by atoms with van der Waals surface area (Å²) < 4.78 is 0. The Morgan fingerprint density at radius 3 is 2.40 bits per heavy atom. The van der Waals surface area contributed by atoms with Crippen LogP contribution in [0.4, 0.5) is 5.13 Å². The van der Waals surface area contributed by atoms with Gasteiger partial charge in [0.2, 0.25) is 11.1 Å². The van der Waals surface area contributed by atoms with E-state index < -0.39 is 0 Å². The molecule has 7 heteroatoms. The fraction of sp³-hybridized carbons (Fsp3) is 0.154.